The highest BCUT2D eigenvalue weighted by atomic mass is 35.5. The summed E-state index contributed by atoms with van der Waals surface area (Å²) in [6.45, 7) is -0.338. The number of halogens is 2. The van der Waals surface area contributed by atoms with Gasteiger partial charge in [-0.25, -0.2) is 9.07 Å². The molecule has 27 heavy (non-hydrogen) atoms. The molecule has 0 spiro atoms. The fraction of sp³-hybridized carbons (Fsp3) is 0.105. The predicted octanol–water partition coefficient (Wildman–Crippen LogP) is 3.35. The van der Waals surface area contributed by atoms with Gasteiger partial charge in [-0.3, -0.25) is 9.59 Å². The maximum atomic E-state index is 14.2. The van der Waals surface area contributed by atoms with Gasteiger partial charge in [-0.05, 0) is 30.3 Å². The highest BCUT2D eigenvalue weighted by Gasteiger charge is 2.12. The van der Waals surface area contributed by atoms with Gasteiger partial charge >= 0.3 is 0 Å². The topological polar surface area (TPSA) is 73.2 Å². The van der Waals surface area contributed by atoms with Crippen LogP contribution in [0.4, 0.5) is 10.1 Å². The van der Waals surface area contributed by atoms with E-state index in [1.807, 2.05) is 0 Å². The van der Waals surface area contributed by atoms with E-state index >= 15 is 0 Å². The molecular weight excluding hydrogens is 373 g/mol. The Balaban J connectivity index is 1.85. The number of benzene rings is 2. The Bertz CT molecular complexity index is 1050. The third-order valence-electron chi connectivity index (χ3n) is 3.76. The van der Waals surface area contributed by atoms with E-state index in [9.17, 15) is 14.0 Å². The van der Waals surface area contributed by atoms with Crippen molar-refractivity contribution in [2.45, 2.75) is 6.54 Å². The van der Waals surface area contributed by atoms with E-state index in [1.54, 1.807) is 30.3 Å². The molecule has 8 heteroatoms. The van der Waals surface area contributed by atoms with Crippen molar-refractivity contribution < 1.29 is 13.9 Å². The first-order chi connectivity index (χ1) is 13.0. The molecule has 2 aromatic carbocycles. The second-order valence-corrected chi connectivity index (χ2v) is 6.00. The van der Waals surface area contributed by atoms with Crippen molar-refractivity contribution in [1.82, 2.24) is 9.78 Å². The SMILES string of the molecule is COc1ccc(-c2ccc(=O)n(CC(=O)Nc3ccccc3Cl)n2)c(F)c1. The Morgan fingerprint density at radius 1 is 1.22 bits per heavy atom. The average Bonchev–Trinajstić information content (AvgIpc) is 2.65. The molecule has 138 valence electrons. The molecule has 0 saturated carbocycles. The molecule has 0 atom stereocenters. The molecule has 0 radical (unpaired) electrons. The lowest BCUT2D eigenvalue weighted by atomic mass is 10.1. The van der Waals surface area contributed by atoms with Gasteiger partial charge in [-0.2, -0.15) is 5.10 Å². The number of amides is 1. The minimum absolute atomic E-state index is 0.191. The molecule has 0 aliphatic heterocycles. The van der Waals surface area contributed by atoms with Crippen LogP contribution in [0, 0.1) is 5.82 Å². The second-order valence-electron chi connectivity index (χ2n) is 5.59. The van der Waals surface area contributed by atoms with Crippen LogP contribution < -0.4 is 15.6 Å². The number of hydrogen-bond donors (Lipinski definition) is 1. The first-order valence-corrected chi connectivity index (χ1v) is 8.32. The third-order valence-corrected chi connectivity index (χ3v) is 4.09. The van der Waals surface area contributed by atoms with Crippen molar-refractivity contribution in [2.75, 3.05) is 12.4 Å². The molecule has 3 aromatic rings. The van der Waals surface area contributed by atoms with Crippen LogP contribution in [0.3, 0.4) is 0 Å². The van der Waals surface area contributed by atoms with E-state index in [-0.39, 0.29) is 17.8 Å². The lowest BCUT2D eigenvalue weighted by Crippen LogP contribution is -2.29. The number of para-hydroxylation sites is 1. The molecule has 0 aliphatic carbocycles. The van der Waals surface area contributed by atoms with Crippen molar-refractivity contribution >= 4 is 23.2 Å². The van der Waals surface area contributed by atoms with Gasteiger partial charge in [0.05, 0.1) is 23.5 Å². The van der Waals surface area contributed by atoms with Crippen LogP contribution in [0.25, 0.3) is 11.3 Å². The van der Waals surface area contributed by atoms with E-state index in [1.165, 1.54) is 31.4 Å². The van der Waals surface area contributed by atoms with Crippen molar-refractivity contribution in [1.29, 1.82) is 0 Å². The van der Waals surface area contributed by atoms with Gasteiger partial charge in [0.25, 0.3) is 5.56 Å². The fourth-order valence-electron chi connectivity index (χ4n) is 2.42. The van der Waals surface area contributed by atoms with Gasteiger partial charge in [0.15, 0.2) is 0 Å². The minimum Gasteiger partial charge on any atom is -0.497 e. The summed E-state index contributed by atoms with van der Waals surface area (Å²) in [6.07, 6.45) is 0. The molecule has 1 N–H and O–H groups in total. The first kappa shape index (κ1) is 18.6. The van der Waals surface area contributed by atoms with Gasteiger partial charge < -0.3 is 10.1 Å². The fourth-order valence-corrected chi connectivity index (χ4v) is 2.61. The molecule has 1 aromatic heterocycles. The Kier molecular flexibility index (Phi) is 5.52. The van der Waals surface area contributed by atoms with Crippen LogP contribution in [-0.4, -0.2) is 22.8 Å². The Morgan fingerprint density at radius 3 is 2.70 bits per heavy atom. The predicted molar refractivity (Wildman–Crippen MR) is 101 cm³/mol. The molecule has 0 bridgehead atoms. The standard InChI is InChI=1S/C19H15ClFN3O3/c1-27-12-6-7-13(15(21)10-12)16-8-9-19(26)24(23-16)11-18(25)22-17-5-3-2-4-14(17)20/h2-10H,11H2,1H3,(H,22,25). The lowest BCUT2D eigenvalue weighted by molar-refractivity contribution is -0.117. The van der Waals surface area contributed by atoms with Crippen LogP contribution in [0.2, 0.25) is 5.02 Å². The summed E-state index contributed by atoms with van der Waals surface area (Å²) in [5.74, 6) is -0.665. The summed E-state index contributed by atoms with van der Waals surface area (Å²) in [4.78, 5) is 24.2. The highest BCUT2D eigenvalue weighted by molar-refractivity contribution is 6.33. The Hall–Kier alpha value is -3.19. The smallest absolute Gasteiger partial charge is 0.267 e. The van der Waals surface area contributed by atoms with E-state index in [0.717, 1.165) is 4.68 Å². The molecule has 6 nitrogen and oxygen atoms in total. The monoisotopic (exact) mass is 387 g/mol. The Morgan fingerprint density at radius 2 is 2.00 bits per heavy atom. The van der Waals surface area contributed by atoms with Crippen molar-refractivity contribution in [3.8, 4) is 17.0 Å². The van der Waals surface area contributed by atoms with Crippen LogP contribution in [0.15, 0.2) is 59.4 Å². The summed E-state index contributed by atoms with van der Waals surface area (Å²) in [7, 11) is 1.44. The normalized spacial score (nSPS) is 10.5. The highest BCUT2D eigenvalue weighted by Crippen LogP contribution is 2.24. The van der Waals surface area contributed by atoms with E-state index in [0.29, 0.717) is 16.5 Å². The van der Waals surface area contributed by atoms with E-state index in [2.05, 4.69) is 10.4 Å². The second kappa shape index (κ2) is 8.01. The number of anilines is 1. The zero-order chi connectivity index (χ0) is 19.4. The van der Waals surface area contributed by atoms with E-state index in [4.69, 9.17) is 16.3 Å². The molecule has 0 saturated heterocycles. The average molecular weight is 388 g/mol. The zero-order valence-corrected chi connectivity index (χ0v) is 15.0. The first-order valence-electron chi connectivity index (χ1n) is 7.94. The number of rotatable bonds is 5. The number of ether oxygens (including phenoxy) is 1. The number of aromatic nitrogens is 2. The number of carbonyl (C=O) groups excluding carboxylic acids is 1. The van der Waals surface area contributed by atoms with Crippen molar-refractivity contribution in [2.24, 2.45) is 0 Å². The summed E-state index contributed by atoms with van der Waals surface area (Å²) < 4.78 is 20.2. The molecule has 1 amide bonds. The van der Waals surface area contributed by atoms with Crippen LogP contribution >= 0.6 is 11.6 Å². The molecule has 3 rings (SSSR count). The largest absolute Gasteiger partial charge is 0.497 e. The zero-order valence-electron chi connectivity index (χ0n) is 14.3. The number of methoxy groups -OCH3 is 1. The van der Waals surface area contributed by atoms with Crippen LogP contribution in [0.5, 0.6) is 5.75 Å². The molecule has 1 heterocycles. The number of nitrogens with zero attached hydrogens (tertiary/aromatic N) is 2. The maximum absolute atomic E-state index is 14.2. The van der Waals surface area contributed by atoms with Crippen molar-refractivity contribution in [3.63, 3.8) is 0 Å². The maximum Gasteiger partial charge on any atom is 0.267 e. The summed E-state index contributed by atoms with van der Waals surface area (Å²) >= 11 is 6.00. The van der Waals surface area contributed by atoms with Gasteiger partial charge in [-0.15, -0.1) is 0 Å². The van der Waals surface area contributed by atoms with Crippen LogP contribution in [-0.2, 0) is 11.3 Å². The summed E-state index contributed by atoms with van der Waals surface area (Å²) in [5, 5.41) is 7.08. The van der Waals surface area contributed by atoms with E-state index < -0.39 is 17.3 Å². The Labute approximate surface area is 159 Å². The van der Waals surface area contributed by atoms with Gasteiger partial charge in [0.2, 0.25) is 5.91 Å². The third kappa shape index (κ3) is 4.32. The number of carbonyl (C=O) groups is 1. The van der Waals surface area contributed by atoms with Gasteiger partial charge in [0.1, 0.15) is 18.1 Å². The van der Waals surface area contributed by atoms with Gasteiger partial charge in [-0.1, -0.05) is 23.7 Å². The number of nitrogens with one attached hydrogen (secondary N) is 1. The molecular formula is C19H15ClFN3O3. The molecule has 0 unspecified atom stereocenters. The minimum atomic E-state index is -0.549. The van der Waals surface area contributed by atoms with Crippen molar-refractivity contribution in [3.05, 3.63) is 75.8 Å². The summed E-state index contributed by atoms with van der Waals surface area (Å²) in [6, 6.07) is 13.7. The molecule has 0 aliphatic rings. The molecule has 0 fully saturated rings. The van der Waals surface area contributed by atoms with Gasteiger partial charge in [0, 0.05) is 17.7 Å². The quantitative estimate of drug-likeness (QED) is 0.728. The number of hydrogen-bond acceptors (Lipinski definition) is 4. The lowest BCUT2D eigenvalue weighted by Gasteiger charge is -2.10. The summed E-state index contributed by atoms with van der Waals surface area (Å²) in [5.41, 5.74) is 0.355. The van der Waals surface area contributed by atoms with Crippen LogP contribution in [0.1, 0.15) is 0 Å².